The van der Waals surface area contributed by atoms with E-state index in [1.807, 2.05) is 6.07 Å². The van der Waals surface area contributed by atoms with Crippen LogP contribution in [0.3, 0.4) is 0 Å². The molecule has 1 aromatic carbocycles. The Bertz CT molecular complexity index is 626. The van der Waals surface area contributed by atoms with Gasteiger partial charge in [-0.15, -0.1) is 0 Å². The van der Waals surface area contributed by atoms with Crippen LogP contribution in [-0.4, -0.2) is 22.1 Å². The molecule has 0 amide bonds. The van der Waals surface area contributed by atoms with E-state index in [1.165, 1.54) is 12.1 Å². The fourth-order valence-corrected chi connectivity index (χ4v) is 1.96. The molecule has 1 saturated carbocycles. The van der Waals surface area contributed by atoms with E-state index in [9.17, 15) is 9.50 Å². The Morgan fingerprint density at radius 2 is 2.05 bits per heavy atom. The van der Waals surface area contributed by atoms with E-state index < -0.39 is 5.82 Å². The number of anilines is 1. The number of aromatic nitrogens is 2. The average Bonchev–Trinajstić information content (AvgIpc) is 3.26. The lowest BCUT2D eigenvalue weighted by Crippen LogP contribution is -2.00. The van der Waals surface area contributed by atoms with Crippen LogP contribution in [0.2, 0.25) is 0 Å². The van der Waals surface area contributed by atoms with Gasteiger partial charge in [0.15, 0.2) is 17.4 Å². The molecule has 0 saturated heterocycles. The molecule has 0 radical (unpaired) electrons. The zero-order chi connectivity index (χ0) is 13.4. The highest BCUT2D eigenvalue weighted by atomic mass is 19.1. The Hall–Kier alpha value is -2.17. The lowest BCUT2D eigenvalue weighted by atomic mass is 10.2. The van der Waals surface area contributed by atoms with Gasteiger partial charge in [-0.2, -0.15) is 0 Å². The molecular weight excluding hydrogens is 245 g/mol. The predicted octanol–water partition coefficient (Wildman–Crippen LogP) is 2.91. The minimum Gasteiger partial charge on any atom is -0.505 e. The minimum atomic E-state index is -0.663. The van der Waals surface area contributed by atoms with Gasteiger partial charge in [0.1, 0.15) is 5.82 Å². The first-order chi connectivity index (χ1) is 9.17. The molecule has 2 aromatic rings. The molecule has 19 heavy (non-hydrogen) atoms. The second kappa shape index (κ2) is 4.50. The van der Waals surface area contributed by atoms with Gasteiger partial charge < -0.3 is 10.4 Å². The van der Waals surface area contributed by atoms with Crippen molar-refractivity contribution in [1.82, 2.24) is 9.97 Å². The quantitative estimate of drug-likeness (QED) is 0.889. The summed E-state index contributed by atoms with van der Waals surface area (Å²) in [5, 5.41) is 12.2. The summed E-state index contributed by atoms with van der Waals surface area (Å²) in [7, 11) is 1.79. The summed E-state index contributed by atoms with van der Waals surface area (Å²) in [6.45, 7) is 0. The Kier molecular flexibility index (Phi) is 2.81. The summed E-state index contributed by atoms with van der Waals surface area (Å²) >= 11 is 0. The van der Waals surface area contributed by atoms with Gasteiger partial charge in [0.05, 0.1) is 0 Å². The summed E-state index contributed by atoms with van der Waals surface area (Å²) in [4.78, 5) is 8.82. The molecule has 0 atom stereocenters. The molecule has 5 heteroatoms. The Balaban J connectivity index is 2.07. The number of hydrogen-bond donors (Lipinski definition) is 2. The van der Waals surface area contributed by atoms with Crippen LogP contribution in [0.1, 0.15) is 24.5 Å². The van der Waals surface area contributed by atoms with Crippen LogP contribution in [0.5, 0.6) is 5.75 Å². The van der Waals surface area contributed by atoms with Gasteiger partial charge in [0, 0.05) is 30.3 Å². The van der Waals surface area contributed by atoms with Crippen LogP contribution in [-0.2, 0) is 0 Å². The van der Waals surface area contributed by atoms with Gasteiger partial charge in [0.25, 0.3) is 0 Å². The van der Waals surface area contributed by atoms with E-state index in [-0.39, 0.29) is 5.75 Å². The van der Waals surface area contributed by atoms with Crippen molar-refractivity contribution in [3.8, 4) is 17.1 Å². The molecule has 98 valence electrons. The van der Waals surface area contributed by atoms with E-state index in [0.29, 0.717) is 17.3 Å². The van der Waals surface area contributed by atoms with E-state index in [2.05, 4.69) is 15.3 Å². The maximum atomic E-state index is 13.4. The number of phenols is 1. The van der Waals surface area contributed by atoms with E-state index in [1.54, 1.807) is 13.1 Å². The smallest absolute Gasteiger partial charge is 0.165 e. The molecule has 1 aliphatic rings. The first-order valence-electron chi connectivity index (χ1n) is 6.23. The van der Waals surface area contributed by atoms with Gasteiger partial charge in [-0.05, 0) is 31.0 Å². The Morgan fingerprint density at radius 1 is 1.26 bits per heavy atom. The summed E-state index contributed by atoms with van der Waals surface area (Å²) in [5.41, 5.74) is 1.55. The highest BCUT2D eigenvalue weighted by molar-refractivity contribution is 5.59. The number of hydrogen-bond acceptors (Lipinski definition) is 4. The molecule has 1 aromatic heterocycles. The lowest BCUT2D eigenvalue weighted by molar-refractivity contribution is 0.432. The van der Waals surface area contributed by atoms with Crippen LogP contribution in [0, 0.1) is 5.82 Å². The maximum absolute atomic E-state index is 13.4. The maximum Gasteiger partial charge on any atom is 0.165 e. The third-order valence-electron chi connectivity index (χ3n) is 3.20. The third-order valence-corrected chi connectivity index (χ3v) is 3.20. The molecule has 1 heterocycles. The number of benzene rings is 1. The lowest BCUT2D eigenvalue weighted by Gasteiger charge is -2.07. The van der Waals surface area contributed by atoms with Crippen LogP contribution in [0.15, 0.2) is 24.3 Å². The summed E-state index contributed by atoms with van der Waals surface area (Å²) in [6, 6.07) is 6.11. The predicted molar refractivity (Wildman–Crippen MR) is 70.6 cm³/mol. The highest BCUT2D eigenvalue weighted by Gasteiger charge is 2.26. The van der Waals surface area contributed by atoms with Crippen molar-refractivity contribution in [3.63, 3.8) is 0 Å². The number of nitrogens with zero attached hydrogens (tertiary/aromatic N) is 2. The molecule has 1 fully saturated rings. The van der Waals surface area contributed by atoms with Crippen molar-refractivity contribution in [1.29, 1.82) is 0 Å². The molecule has 4 nitrogen and oxygen atoms in total. The molecule has 0 bridgehead atoms. The first kappa shape index (κ1) is 11.9. The fourth-order valence-electron chi connectivity index (χ4n) is 1.96. The van der Waals surface area contributed by atoms with Crippen LogP contribution < -0.4 is 5.32 Å². The zero-order valence-electron chi connectivity index (χ0n) is 10.5. The number of nitrogens with one attached hydrogen (secondary N) is 1. The first-order valence-corrected chi connectivity index (χ1v) is 6.23. The van der Waals surface area contributed by atoms with Crippen molar-refractivity contribution in [2.75, 3.05) is 12.4 Å². The van der Waals surface area contributed by atoms with Crippen molar-refractivity contribution in [3.05, 3.63) is 35.8 Å². The van der Waals surface area contributed by atoms with Gasteiger partial charge in [-0.25, -0.2) is 14.4 Å². The summed E-state index contributed by atoms with van der Waals surface area (Å²) in [6.07, 6.45) is 2.28. The zero-order valence-corrected chi connectivity index (χ0v) is 10.5. The normalized spacial score (nSPS) is 14.4. The molecule has 0 unspecified atom stereocenters. The van der Waals surface area contributed by atoms with Crippen LogP contribution in [0.25, 0.3) is 11.4 Å². The topological polar surface area (TPSA) is 58.0 Å². The summed E-state index contributed by atoms with van der Waals surface area (Å²) < 4.78 is 13.4. The third kappa shape index (κ3) is 2.36. The van der Waals surface area contributed by atoms with Crippen molar-refractivity contribution < 1.29 is 9.50 Å². The molecular formula is C14H14FN3O. The Morgan fingerprint density at radius 3 is 2.68 bits per heavy atom. The SMILES string of the molecule is CNc1cc(C2CC2)nc(-c2ccc(O)c(F)c2)n1. The minimum absolute atomic E-state index is 0.365. The number of halogens is 1. The van der Waals surface area contributed by atoms with Crippen molar-refractivity contribution >= 4 is 5.82 Å². The second-order valence-corrected chi connectivity index (χ2v) is 4.69. The average molecular weight is 259 g/mol. The number of phenolic OH excluding ortho intramolecular Hbond substituents is 1. The van der Waals surface area contributed by atoms with Crippen molar-refractivity contribution in [2.45, 2.75) is 18.8 Å². The standard InChI is InChI=1S/C14H14FN3O/c1-16-13-7-11(8-2-3-8)17-14(18-13)9-4-5-12(19)10(15)6-9/h4-8,19H,2-3H2,1H3,(H,16,17,18). The largest absolute Gasteiger partial charge is 0.505 e. The van der Waals surface area contributed by atoms with Crippen molar-refractivity contribution in [2.24, 2.45) is 0 Å². The molecule has 3 rings (SSSR count). The molecule has 2 N–H and O–H groups in total. The Labute approximate surface area is 110 Å². The highest BCUT2D eigenvalue weighted by Crippen LogP contribution is 2.40. The van der Waals surface area contributed by atoms with E-state index >= 15 is 0 Å². The van der Waals surface area contributed by atoms with Crippen LogP contribution in [0.4, 0.5) is 10.2 Å². The second-order valence-electron chi connectivity index (χ2n) is 4.69. The fraction of sp³-hybridized carbons (Fsp3) is 0.286. The molecule has 1 aliphatic carbocycles. The van der Waals surface area contributed by atoms with E-state index in [4.69, 9.17) is 0 Å². The van der Waals surface area contributed by atoms with Gasteiger partial charge in [0.2, 0.25) is 0 Å². The van der Waals surface area contributed by atoms with Gasteiger partial charge in [-0.1, -0.05) is 0 Å². The van der Waals surface area contributed by atoms with Crippen LogP contribution >= 0.6 is 0 Å². The monoisotopic (exact) mass is 259 g/mol. The summed E-state index contributed by atoms with van der Waals surface area (Å²) in [5.74, 6) is 0.670. The van der Waals surface area contributed by atoms with Gasteiger partial charge in [-0.3, -0.25) is 0 Å². The molecule has 0 spiro atoms. The number of rotatable bonds is 3. The van der Waals surface area contributed by atoms with E-state index in [0.717, 1.165) is 24.4 Å². The molecule has 0 aliphatic heterocycles. The number of aromatic hydroxyl groups is 1. The van der Waals surface area contributed by atoms with Gasteiger partial charge >= 0.3 is 0 Å².